The summed E-state index contributed by atoms with van der Waals surface area (Å²) in [6, 6.07) is 20.9. The van der Waals surface area contributed by atoms with E-state index in [4.69, 9.17) is 0 Å². The van der Waals surface area contributed by atoms with Gasteiger partial charge in [0.15, 0.2) is 0 Å². The molecule has 0 aromatic heterocycles. The number of carbonyl (C=O) groups excluding carboxylic acids is 1. The van der Waals surface area contributed by atoms with Gasteiger partial charge in [0, 0.05) is 28.8 Å². The lowest BCUT2D eigenvalue weighted by Gasteiger charge is -2.24. The van der Waals surface area contributed by atoms with Crippen molar-refractivity contribution < 1.29 is 18.1 Å². The Kier molecular flexibility index (Phi) is 6.16. The zero-order chi connectivity index (χ0) is 26.3. The number of amides is 1. The van der Waals surface area contributed by atoms with Crippen LogP contribution in [0.3, 0.4) is 0 Å². The van der Waals surface area contributed by atoms with E-state index in [2.05, 4.69) is 17.4 Å². The van der Waals surface area contributed by atoms with Crippen LogP contribution in [0.1, 0.15) is 32.6 Å². The average Bonchev–Trinajstić information content (AvgIpc) is 3.29. The summed E-state index contributed by atoms with van der Waals surface area (Å²) in [5.41, 5.74) is 5.06. The molecule has 9 heteroatoms. The molecule has 0 radical (unpaired) electrons. The molecule has 0 saturated carbocycles. The van der Waals surface area contributed by atoms with Gasteiger partial charge >= 0.3 is 0 Å². The zero-order valence-corrected chi connectivity index (χ0v) is 21.2. The largest absolute Gasteiger partial charge is 0.321 e. The highest BCUT2D eigenvalue weighted by atomic mass is 32.2. The number of hydrogen-bond donors (Lipinski definition) is 1. The molecule has 4 aromatic rings. The molecule has 0 heterocycles. The molecule has 0 saturated heterocycles. The first kappa shape index (κ1) is 24.5. The minimum Gasteiger partial charge on any atom is -0.321 e. The van der Waals surface area contributed by atoms with E-state index in [1.54, 1.807) is 31.2 Å². The van der Waals surface area contributed by atoms with Crippen LogP contribution >= 0.6 is 0 Å². The summed E-state index contributed by atoms with van der Waals surface area (Å²) in [4.78, 5) is 23.7. The van der Waals surface area contributed by atoms with Crippen molar-refractivity contribution in [3.8, 4) is 0 Å². The second-order valence-electron chi connectivity index (χ2n) is 9.26. The van der Waals surface area contributed by atoms with Gasteiger partial charge in [-0.3, -0.25) is 19.2 Å². The predicted molar refractivity (Wildman–Crippen MR) is 145 cm³/mol. The van der Waals surface area contributed by atoms with Gasteiger partial charge in [-0.15, -0.1) is 0 Å². The number of aryl methyl sites for hydroxylation is 3. The van der Waals surface area contributed by atoms with Crippen molar-refractivity contribution in [2.45, 2.75) is 26.3 Å². The number of rotatable bonds is 7. The number of nitro benzene ring substituents is 1. The Bertz CT molecular complexity index is 1650. The predicted octanol–water partition coefficient (Wildman–Crippen LogP) is 5.37. The summed E-state index contributed by atoms with van der Waals surface area (Å²) in [6.07, 6.45) is 3.07. The Morgan fingerprint density at radius 3 is 2.38 bits per heavy atom. The Balaban J connectivity index is 1.38. The SMILES string of the molecule is Cc1ccc([N+](=O)[O-])cc1N(Cc1ccc(C(=O)Nc2ccc3c4c(cccc24)CC3)cc1)S(C)(=O)=O. The summed E-state index contributed by atoms with van der Waals surface area (Å²) in [7, 11) is -3.74. The maximum Gasteiger partial charge on any atom is 0.271 e. The van der Waals surface area contributed by atoms with Gasteiger partial charge < -0.3 is 5.32 Å². The Labute approximate surface area is 214 Å². The molecule has 188 valence electrons. The maximum absolute atomic E-state index is 13.0. The molecule has 37 heavy (non-hydrogen) atoms. The first-order valence-electron chi connectivity index (χ1n) is 11.8. The third-order valence-electron chi connectivity index (χ3n) is 6.74. The number of carbonyl (C=O) groups is 1. The normalized spacial score (nSPS) is 12.5. The molecule has 1 aliphatic rings. The highest BCUT2D eigenvalue weighted by Gasteiger charge is 2.23. The lowest BCUT2D eigenvalue weighted by Crippen LogP contribution is -2.30. The van der Waals surface area contributed by atoms with Crippen LogP contribution in [0.25, 0.3) is 10.8 Å². The topological polar surface area (TPSA) is 110 Å². The lowest BCUT2D eigenvalue weighted by molar-refractivity contribution is -0.384. The first-order chi connectivity index (χ1) is 17.6. The third kappa shape index (κ3) is 4.77. The van der Waals surface area contributed by atoms with E-state index in [1.807, 2.05) is 18.2 Å². The molecule has 0 spiro atoms. The van der Waals surface area contributed by atoms with Crippen molar-refractivity contribution in [3.05, 3.63) is 111 Å². The van der Waals surface area contributed by atoms with Crippen LogP contribution in [0.2, 0.25) is 0 Å². The van der Waals surface area contributed by atoms with Gasteiger partial charge in [-0.25, -0.2) is 8.42 Å². The molecule has 8 nitrogen and oxygen atoms in total. The van der Waals surface area contributed by atoms with Crippen molar-refractivity contribution in [2.24, 2.45) is 0 Å². The maximum atomic E-state index is 13.0. The number of anilines is 2. The van der Waals surface area contributed by atoms with Gasteiger partial charge in [0.05, 0.1) is 23.4 Å². The summed E-state index contributed by atoms with van der Waals surface area (Å²) in [5.74, 6) is -0.264. The van der Waals surface area contributed by atoms with Crippen LogP contribution in [-0.2, 0) is 29.4 Å². The number of nitro groups is 1. The minimum absolute atomic E-state index is 0.0301. The second-order valence-corrected chi connectivity index (χ2v) is 11.2. The smallest absolute Gasteiger partial charge is 0.271 e. The molecule has 1 amide bonds. The number of sulfonamides is 1. The lowest BCUT2D eigenvalue weighted by atomic mass is 10.0. The van der Waals surface area contributed by atoms with Crippen molar-refractivity contribution in [2.75, 3.05) is 15.9 Å². The molecule has 0 fully saturated rings. The van der Waals surface area contributed by atoms with Gasteiger partial charge in [-0.05, 0) is 65.6 Å². The van der Waals surface area contributed by atoms with Crippen LogP contribution in [0.5, 0.6) is 0 Å². The van der Waals surface area contributed by atoms with E-state index in [0.717, 1.165) is 34.5 Å². The van der Waals surface area contributed by atoms with Gasteiger partial charge in [0.25, 0.3) is 11.6 Å². The van der Waals surface area contributed by atoms with E-state index in [0.29, 0.717) is 16.7 Å². The Morgan fingerprint density at radius 2 is 1.70 bits per heavy atom. The van der Waals surface area contributed by atoms with E-state index in [-0.39, 0.29) is 23.8 Å². The van der Waals surface area contributed by atoms with E-state index in [1.165, 1.54) is 34.7 Å². The van der Waals surface area contributed by atoms with Crippen molar-refractivity contribution in [1.29, 1.82) is 0 Å². The van der Waals surface area contributed by atoms with Crippen molar-refractivity contribution in [3.63, 3.8) is 0 Å². The van der Waals surface area contributed by atoms with Crippen LogP contribution in [0.4, 0.5) is 17.1 Å². The molecule has 5 rings (SSSR count). The molecule has 1 aliphatic carbocycles. The fourth-order valence-corrected chi connectivity index (χ4v) is 5.78. The quantitative estimate of drug-likeness (QED) is 0.263. The van der Waals surface area contributed by atoms with E-state index >= 15 is 0 Å². The highest BCUT2D eigenvalue weighted by Crippen LogP contribution is 2.35. The summed E-state index contributed by atoms with van der Waals surface area (Å²) in [6.45, 7) is 1.67. The number of nitrogens with one attached hydrogen (secondary N) is 1. The van der Waals surface area contributed by atoms with Crippen molar-refractivity contribution in [1.82, 2.24) is 0 Å². The fourth-order valence-electron chi connectivity index (χ4n) is 4.84. The number of non-ortho nitro benzene ring substituents is 1. The summed E-state index contributed by atoms with van der Waals surface area (Å²) < 4.78 is 26.3. The van der Waals surface area contributed by atoms with Gasteiger partial charge in [0.2, 0.25) is 10.0 Å². The fraction of sp³-hybridized carbons (Fsp3) is 0.179. The Morgan fingerprint density at radius 1 is 1.00 bits per heavy atom. The molecular formula is C28H25N3O5S. The number of hydrogen-bond acceptors (Lipinski definition) is 5. The second kappa shape index (κ2) is 9.33. The van der Waals surface area contributed by atoms with Gasteiger partial charge in [-0.2, -0.15) is 0 Å². The zero-order valence-electron chi connectivity index (χ0n) is 20.4. The molecule has 0 atom stereocenters. The van der Waals surface area contributed by atoms with Crippen LogP contribution < -0.4 is 9.62 Å². The van der Waals surface area contributed by atoms with Crippen LogP contribution in [0.15, 0.2) is 72.8 Å². The van der Waals surface area contributed by atoms with E-state index < -0.39 is 14.9 Å². The first-order valence-corrected chi connectivity index (χ1v) is 13.6. The average molecular weight is 516 g/mol. The summed E-state index contributed by atoms with van der Waals surface area (Å²) in [5, 5.41) is 16.5. The van der Waals surface area contributed by atoms with Crippen LogP contribution in [0, 0.1) is 17.0 Å². The molecule has 0 aliphatic heterocycles. The molecule has 0 bridgehead atoms. The number of nitrogens with zero attached hydrogens (tertiary/aromatic N) is 2. The third-order valence-corrected chi connectivity index (χ3v) is 7.87. The highest BCUT2D eigenvalue weighted by molar-refractivity contribution is 7.92. The van der Waals surface area contributed by atoms with Crippen molar-refractivity contribution >= 4 is 43.8 Å². The molecule has 4 aromatic carbocycles. The van der Waals surface area contributed by atoms with Gasteiger partial charge in [-0.1, -0.05) is 42.5 Å². The van der Waals surface area contributed by atoms with E-state index in [9.17, 15) is 23.3 Å². The Hall–Kier alpha value is -4.24. The van der Waals surface area contributed by atoms with Crippen LogP contribution in [-0.4, -0.2) is 25.5 Å². The number of benzene rings is 4. The minimum atomic E-state index is -3.74. The van der Waals surface area contributed by atoms with Gasteiger partial charge in [0.1, 0.15) is 0 Å². The molecular weight excluding hydrogens is 490 g/mol. The monoisotopic (exact) mass is 515 g/mol. The molecule has 1 N–H and O–H groups in total. The summed E-state index contributed by atoms with van der Waals surface area (Å²) >= 11 is 0. The standard InChI is InChI=1S/C28H25N3O5S/c1-18-6-14-23(31(33)34)16-26(18)30(37(2,35)36)17-19-7-9-22(10-8-19)28(32)29-25-15-13-21-12-11-20-4-3-5-24(25)27(20)21/h3-10,13-16H,11-12,17H2,1-2H3,(H,29,32). The molecule has 0 unspecified atom stereocenters.